The zero-order valence-corrected chi connectivity index (χ0v) is 9.83. The average molecular weight is 265 g/mol. The van der Waals surface area contributed by atoms with Gasteiger partial charge in [0.2, 0.25) is 11.8 Å². The van der Waals surface area contributed by atoms with Crippen molar-refractivity contribution in [2.24, 2.45) is 0 Å². The van der Waals surface area contributed by atoms with Crippen LogP contribution in [0.3, 0.4) is 0 Å². The second-order valence-electron chi connectivity index (χ2n) is 4.07. The SMILES string of the molecule is O=C1CN(c2ccc(CO)cc2[N+](=O)[O-])CC(=O)N1. The van der Waals surface area contributed by atoms with E-state index in [9.17, 15) is 19.7 Å². The fourth-order valence-electron chi connectivity index (χ4n) is 1.89. The molecule has 8 nitrogen and oxygen atoms in total. The van der Waals surface area contributed by atoms with Crippen molar-refractivity contribution in [1.82, 2.24) is 5.32 Å². The molecule has 0 saturated carbocycles. The number of carbonyl (C=O) groups excluding carboxylic acids is 2. The predicted octanol–water partition coefficient (Wildman–Crippen LogP) is -0.450. The van der Waals surface area contributed by atoms with Crippen molar-refractivity contribution in [3.63, 3.8) is 0 Å². The molecule has 19 heavy (non-hydrogen) atoms. The average Bonchev–Trinajstić information content (AvgIpc) is 2.36. The van der Waals surface area contributed by atoms with E-state index in [1.54, 1.807) is 0 Å². The van der Waals surface area contributed by atoms with Gasteiger partial charge in [0.15, 0.2) is 0 Å². The second-order valence-corrected chi connectivity index (χ2v) is 4.07. The van der Waals surface area contributed by atoms with Crippen molar-refractivity contribution in [1.29, 1.82) is 0 Å². The molecule has 0 atom stereocenters. The highest BCUT2D eigenvalue weighted by Gasteiger charge is 2.27. The lowest BCUT2D eigenvalue weighted by Gasteiger charge is -2.27. The van der Waals surface area contributed by atoms with Crippen LogP contribution in [0.15, 0.2) is 18.2 Å². The number of nitro benzene ring substituents is 1. The zero-order chi connectivity index (χ0) is 14.0. The quantitative estimate of drug-likeness (QED) is 0.435. The molecule has 1 fully saturated rings. The Morgan fingerprint density at radius 2 is 1.95 bits per heavy atom. The topological polar surface area (TPSA) is 113 Å². The Balaban J connectivity index is 2.40. The molecule has 1 saturated heterocycles. The number of aliphatic hydroxyl groups excluding tert-OH is 1. The maximum Gasteiger partial charge on any atom is 0.292 e. The predicted molar refractivity (Wildman–Crippen MR) is 64.4 cm³/mol. The fraction of sp³-hybridized carbons (Fsp3) is 0.273. The van der Waals surface area contributed by atoms with Gasteiger partial charge in [0, 0.05) is 6.07 Å². The first-order chi connectivity index (χ1) is 9.01. The first-order valence-electron chi connectivity index (χ1n) is 5.47. The maximum atomic E-state index is 11.3. The number of nitrogens with one attached hydrogen (secondary N) is 1. The summed E-state index contributed by atoms with van der Waals surface area (Å²) in [6.45, 7) is -0.559. The monoisotopic (exact) mass is 265 g/mol. The normalized spacial score (nSPS) is 15.3. The number of benzene rings is 1. The Kier molecular flexibility index (Phi) is 3.43. The van der Waals surface area contributed by atoms with E-state index in [1.165, 1.54) is 23.1 Å². The summed E-state index contributed by atoms with van der Waals surface area (Å²) in [4.78, 5) is 34.3. The minimum absolute atomic E-state index is 0.120. The molecular weight excluding hydrogens is 254 g/mol. The molecule has 0 spiro atoms. The lowest BCUT2D eigenvalue weighted by molar-refractivity contribution is -0.384. The molecule has 1 heterocycles. The summed E-state index contributed by atoms with van der Waals surface area (Å²) in [5, 5.41) is 22.1. The van der Waals surface area contributed by atoms with Gasteiger partial charge in [0.25, 0.3) is 5.69 Å². The van der Waals surface area contributed by atoms with Crippen LogP contribution in [0.1, 0.15) is 5.56 Å². The number of hydrogen-bond donors (Lipinski definition) is 2. The summed E-state index contributed by atoms with van der Waals surface area (Å²) >= 11 is 0. The molecule has 0 unspecified atom stereocenters. The van der Waals surface area contributed by atoms with Crippen molar-refractivity contribution in [2.45, 2.75) is 6.61 Å². The maximum absolute atomic E-state index is 11.3. The second kappa shape index (κ2) is 5.02. The molecule has 2 rings (SSSR count). The zero-order valence-electron chi connectivity index (χ0n) is 9.83. The third kappa shape index (κ3) is 2.68. The highest BCUT2D eigenvalue weighted by Crippen LogP contribution is 2.29. The lowest BCUT2D eigenvalue weighted by atomic mass is 10.1. The molecule has 1 aliphatic rings. The van der Waals surface area contributed by atoms with Crippen LogP contribution >= 0.6 is 0 Å². The molecule has 8 heteroatoms. The first-order valence-corrected chi connectivity index (χ1v) is 5.47. The molecular formula is C11H11N3O5. The minimum atomic E-state index is -0.606. The van der Waals surface area contributed by atoms with Crippen LogP contribution in [0.25, 0.3) is 0 Å². The minimum Gasteiger partial charge on any atom is -0.392 e. The van der Waals surface area contributed by atoms with E-state index in [1.807, 2.05) is 0 Å². The number of aliphatic hydroxyl groups is 1. The van der Waals surface area contributed by atoms with E-state index >= 15 is 0 Å². The van der Waals surface area contributed by atoms with Crippen molar-refractivity contribution in [3.05, 3.63) is 33.9 Å². The smallest absolute Gasteiger partial charge is 0.292 e. The van der Waals surface area contributed by atoms with Crippen LogP contribution in [-0.2, 0) is 16.2 Å². The van der Waals surface area contributed by atoms with Gasteiger partial charge in [-0.2, -0.15) is 0 Å². The Morgan fingerprint density at radius 3 is 2.47 bits per heavy atom. The molecule has 1 aliphatic heterocycles. The standard InChI is InChI=1S/C11H11N3O5/c15-6-7-1-2-8(9(3-7)14(18)19)13-4-10(16)12-11(17)5-13/h1-3,15H,4-6H2,(H,12,16,17). The van der Waals surface area contributed by atoms with Gasteiger partial charge >= 0.3 is 0 Å². The number of rotatable bonds is 3. The number of nitrogens with zero attached hydrogens (tertiary/aromatic N) is 2. The first kappa shape index (κ1) is 13.0. The molecule has 0 aliphatic carbocycles. The number of piperazine rings is 1. The van der Waals surface area contributed by atoms with Gasteiger partial charge < -0.3 is 10.0 Å². The van der Waals surface area contributed by atoms with Crippen LogP contribution in [0, 0.1) is 10.1 Å². The summed E-state index contributed by atoms with van der Waals surface area (Å²) in [6, 6.07) is 4.17. The molecule has 0 radical (unpaired) electrons. The number of nitro groups is 1. The van der Waals surface area contributed by atoms with E-state index in [0.29, 0.717) is 5.56 Å². The highest BCUT2D eigenvalue weighted by molar-refractivity contribution is 6.03. The Morgan fingerprint density at radius 1 is 1.32 bits per heavy atom. The Hall–Kier alpha value is -2.48. The molecule has 100 valence electrons. The fourth-order valence-corrected chi connectivity index (χ4v) is 1.89. The van der Waals surface area contributed by atoms with Gasteiger partial charge in [-0.1, -0.05) is 6.07 Å². The molecule has 1 aromatic carbocycles. The molecule has 0 aromatic heterocycles. The lowest BCUT2D eigenvalue weighted by Crippen LogP contribution is -2.51. The van der Waals surface area contributed by atoms with E-state index < -0.39 is 16.7 Å². The number of amides is 2. The van der Waals surface area contributed by atoms with E-state index in [0.717, 1.165) is 0 Å². The van der Waals surface area contributed by atoms with Crippen molar-refractivity contribution < 1.29 is 19.6 Å². The Labute approximate surface area is 107 Å². The molecule has 0 bridgehead atoms. The summed E-state index contributed by atoms with van der Waals surface area (Å²) in [5.74, 6) is -1.01. The molecule has 1 aromatic rings. The number of hydrogen-bond acceptors (Lipinski definition) is 6. The summed E-state index contributed by atoms with van der Waals surface area (Å²) < 4.78 is 0. The summed E-state index contributed by atoms with van der Waals surface area (Å²) in [5.41, 5.74) is 0.336. The number of anilines is 1. The summed E-state index contributed by atoms with van der Waals surface area (Å²) in [6.07, 6.45) is 0. The van der Waals surface area contributed by atoms with E-state index in [4.69, 9.17) is 5.11 Å². The largest absolute Gasteiger partial charge is 0.392 e. The van der Waals surface area contributed by atoms with Crippen molar-refractivity contribution in [3.8, 4) is 0 Å². The van der Waals surface area contributed by atoms with Crippen molar-refractivity contribution in [2.75, 3.05) is 18.0 Å². The van der Waals surface area contributed by atoms with Gasteiger partial charge in [-0.3, -0.25) is 25.0 Å². The van der Waals surface area contributed by atoms with Gasteiger partial charge in [0.05, 0.1) is 24.6 Å². The third-order valence-corrected chi connectivity index (χ3v) is 2.71. The van der Waals surface area contributed by atoms with Crippen LogP contribution in [-0.4, -0.2) is 34.9 Å². The van der Waals surface area contributed by atoms with Crippen LogP contribution in [0.5, 0.6) is 0 Å². The third-order valence-electron chi connectivity index (χ3n) is 2.71. The van der Waals surface area contributed by atoms with Crippen LogP contribution in [0.2, 0.25) is 0 Å². The van der Waals surface area contributed by atoms with Crippen LogP contribution in [0.4, 0.5) is 11.4 Å². The van der Waals surface area contributed by atoms with Gasteiger partial charge in [-0.15, -0.1) is 0 Å². The van der Waals surface area contributed by atoms with Gasteiger partial charge in [-0.25, -0.2) is 0 Å². The van der Waals surface area contributed by atoms with Gasteiger partial charge in [-0.05, 0) is 11.6 Å². The number of carbonyl (C=O) groups is 2. The summed E-state index contributed by atoms with van der Waals surface area (Å²) in [7, 11) is 0. The van der Waals surface area contributed by atoms with E-state index in [2.05, 4.69) is 5.32 Å². The Bertz CT molecular complexity index is 541. The highest BCUT2D eigenvalue weighted by atomic mass is 16.6. The molecule has 2 amide bonds. The molecule has 2 N–H and O–H groups in total. The number of imide groups is 1. The van der Waals surface area contributed by atoms with Crippen molar-refractivity contribution >= 4 is 23.2 Å². The van der Waals surface area contributed by atoms with Gasteiger partial charge in [0.1, 0.15) is 5.69 Å². The van der Waals surface area contributed by atoms with Crippen LogP contribution < -0.4 is 10.2 Å². The van der Waals surface area contributed by atoms with E-state index in [-0.39, 0.29) is 31.1 Å².